The van der Waals surface area contributed by atoms with Crippen LogP contribution >= 0.6 is 0 Å². The number of carbonyl (C=O) groups excluding carboxylic acids is 1. The van der Waals surface area contributed by atoms with Crippen LogP contribution < -0.4 is 4.90 Å². The third-order valence-corrected chi connectivity index (χ3v) is 6.05. The van der Waals surface area contributed by atoms with Crippen LogP contribution in [0.1, 0.15) is 15.9 Å². The second-order valence-corrected chi connectivity index (χ2v) is 8.20. The molecule has 0 atom stereocenters. The molecule has 0 radical (unpaired) electrons. The Morgan fingerprint density at radius 3 is 2.28 bits per heavy atom. The molecule has 0 spiro atoms. The third kappa shape index (κ3) is 3.94. The molecule has 4 aromatic rings. The van der Waals surface area contributed by atoms with Crippen molar-refractivity contribution in [3.8, 4) is 11.1 Å². The summed E-state index contributed by atoms with van der Waals surface area (Å²) >= 11 is 0. The van der Waals surface area contributed by atoms with Crippen molar-refractivity contribution >= 4 is 22.6 Å². The van der Waals surface area contributed by atoms with Crippen molar-refractivity contribution < 1.29 is 9.18 Å². The highest BCUT2D eigenvalue weighted by Gasteiger charge is 2.23. The summed E-state index contributed by atoms with van der Waals surface area (Å²) in [5, 5.41) is 1.11. The Hall–Kier alpha value is -3.73. The van der Waals surface area contributed by atoms with Gasteiger partial charge in [0.25, 0.3) is 5.91 Å². The zero-order valence-electron chi connectivity index (χ0n) is 18.0. The summed E-state index contributed by atoms with van der Waals surface area (Å²) in [6.07, 6.45) is 0. The van der Waals surface area contributed by atoms with Crippen LogP contribution in [0, 0.1) is 12.7 Å². The predicted molar refractivity (Wildman–Crippen MR) is 126 cm³/mol. The number of pyridine rings is 1. The number of aromatic nitrogens is 1. The van der Waals surface area contributed by atoms with Crippen LogP contribution in [0.3, 0.4) is 0 Å². The molecule has 4 nitrogen and oxygen atoms in total. The Morgan fingerprint density at radius 1 is 0.844 bits per heavy atom. The largest absolute Gasteiger partial charge is 0.353 e. The molecule has 5 heteroatoms. The first-order valence-corrected chi connectivity index (χ1v) is 10.8. The zero-order chi connectivity index (χ0) is 22.1. The lowest BCUT2D eigenvalue weighted by Crippen LogP contribution is -2.49. The molecule has 3 aromatic carbocycles. The minimum Gasteiger partial charge on any atom is -0.353 e. The van der Waals surface area contributed by atoms with Crippen molar-refractivity contribution in [2.45, 2.75) is 6.92 Å². The molecule has 1 aliphatic heterocycles. The van der Waals surface area contributed by atoms with Crippen molar-refractivity contribution in [2.75, 3.05) is 31.1 Å². The molecule has 1 aromatic heterocycles. The Morgan fingerprint density at radius 2 is 1.56 bits per heavy atom. The highest BCUT2D eigenvalue weighted by Crippen LogP contribution is 2.29. The summed E-state index contributed by atoms with van der Waals surface area (Å²) < 4.78 is 13.2. The van der Waals surface area contributed by atoms with Crippen molar-refractivity contribution in [3.05, 3.63) is 95.8 Å². The molecule has 1 saturated heterocycles. The van der Waals surface area contributed by atoms with Gasteiger partial charge in [0.05, 0.1) is 5.52 Å². The maximum absolute atomic E-state index is 13.2. The minimum absolute atomic E-state index is 0.0576. The van der Waals surface area contributed by atoms with E-state index < -0.39 is 0 Å². The summed E-state index contributed by atoms with van der Waals surface area (Å²) in [5.74, 6) is 0.530. The summed E-state index contributed by atoms with van der Waals surface area (Å²) in [6.45, 7) is 4.71. The normalized spacial score (nSPS) is 14.1. The Kier molecular flexibility index (Phi) is 5.31. The number of para-hydroxylation sites is 1. The molecule has 160 valence electrons. The number of halogens is 1. The number of amides is 1. The van der Waals surface area contributed by atoms with Gasteiger partial charge in [-0.3, -0.25) is 4.79 Å². The highest BCUT2D eigenvalue weighted by molar-refractivity contribution is 5.95. The van der Waals surface area contributed by atoms with Gasteiger partial charge in [-0.25, -0.2) is 9.37 Å². The topological polar surface area (TPSA) is 36.4 Å². The van der Waals surface area contributed by atoms with Crippen LogP contribution in [0.15, 0.2) is 78.9 Å². The molecule has 1 fully saturated rings. The smallest absolute Gasteiger partial charge is 0.253 e. The van der Waals surface area contributed by atoms with Crippen LogP contribution in [-0.2, 0) is 0 Å². The van der Waals surface area contributed by atoms with Gasteiger partial charge in [-0.2, -0.15) is 0 Å². The van der Waals surface area contributed by atoms with Gasteiger partial charge in [-0.15, -0.1) is 0 Å². The second kappa shape index (κ2) is 8.42. The van der Waals surface area contributed by atoms with E-state index >= 15 is 0 Å². The number of piperazine rings is 1. The van der Waals surface area contributed by atoms with E-state index in [1.807, 2.05) is 4.90 Å². The van der Waals surface area contributed by atoms with Gasteiger partial charge < -0.3 is 9.80 Å². The summed E-state index contributed by atoms with van der Waals surface area (Å²) in [4.78, 5) is 21.8. The average Bonchev–Trinajstić information content (AvgIpc) is 2.84. The number of benzene rings is 3. The van der Waals surface area contributed by atoms with E-state index in [0.29, 0.717) is 31.7 Å². The van der Waals surface area contributed by atoms with E-state index in [0.717, 1.165) is 27.8 Å². The number of nitrogens with zero attached hydrogens (tertiary/aromatic N) is 3. The van der Waals surface area contributed by atoms with Gasteiger partial charge in [0.2, 0.25) is 0 Å². The zero-order valence-corrected chi connectivity index (χ0v) is 18.0. The van der Waals surface area contributed by atoms with Crippen LogP contribution in [0.5, 0.6) is 0 Å². The van der Waals surface area contributed by atoms with Crippen LogP contribution in [0.2, 0.25) is 0 Å². The number of hydrogen-bond donors (Lipinski definition) is 0. The fourth-order valence-electron chi connectivity index (χ4n) is 4.19. The number of aryl methyl sites for hydroxylation is 1. The van der Waals surface area contributed by atoms with E-state index in [1.54, 1.807) is 12.1 Å². The average molecular weight is 426 g/mol. The van der Waals surface area contributed by atoms with Gasteiger partial charge in [0.15, 0.2) is 0 Å². The lowest BCUT2D eigenvalue weighted by atomic mass is 10.0. The van der Waals surface area contributed by atoms with Crippen molar-refractivity contribution in [1.29, 1.82) is 0 Å². The van der Waals surface area contributed by atoms with Crippen molar-refractivity contribution in [2.24, 2.45) is 0 Å². The minimum atomic E-state index is -0.334. The number of fused-ring (bicyclic) bond motifs is 1. The molecule has 0 unspecified atom stereocenters. The van der Waals surface area contributed by atoms with Crippen LogP contribution in [0.4, 0.5) is 10.2 Å². The number of carbonyl (C=O) groups is 1. The molecule has 0 bridgehead atoms. The van der Waals surface area contributed by atoms with Crippen LogP contribution in [-0.4, -0.2) is 42.0 Å². The maximum Gasteiger partial charge on any atom is 0.253 e. The summed E-state index contributed by atoms with van der Waals surface area (Å²) in [6, 6.07) is 24.7. The first kappa shape index (κ1) is 20.2. The fraction of sp³-hybridized carbons (Fsp3) is 0.185. The van der Waals surface area contributed by atoms with E-state index in [1.165, 1.54) is 17.7 Å². The molecule has 1 aliphatic rings. The van der Waals surface area contributed by atoms with Gasteiger partial charge in [0.1, 0.15) is 11.6 Å². The summed E-state index contributed by atoms with van der Waals surface area (Å²) in [7, 11) is 0. The lowest BCUT2D eigenvalue weighted by Gasteiger charge is -2.35. The first-order chi connectivity index (χ1) is 15.6. The highest BCUT2D eigenvalue weighted by atomic mass is 19.1. The molecular formula is C27H24FN3O. The predicted octanol–water partition coefficient (Wildman–Crippen LogP) is 5.31. The van der Waals surface area contributed by atoms with E-state index in [9.17, 15) is 9.18 Å². The Labute approximate surface area is 186 Å². The van der Waals surface area contributed by atoms with Crippen LogP contribution in [0.25, 0.3) is 22.0 Å². The standard InChI is InChI=1S/C27H24FN3O/c1-19-5-7-20(8-6-19)24-4-2-3-21-11-14-25(29-26(21)24)30-15-17-31(18-16-30)27(32)22-9-12-23(28)13-10-22/h2-14H,15-18H2,1H3. The first-order valence-electron chi connectivity index (χ1n) is 10.8. The molecule has 1 amide bonds. The molecule has 32 heavy (non-hydrogen) atoms. The van der Waals surface area contributed by atoms with Gasteiger partial charge in [0, 0.05) is 42.7 Å². The Balaban J connectivity index is 1.36. The number of hydrogen-bond acceptors (Lipinski definition) is 3. The third-order valence-electron chi connectivity index (χ3n) is 6.05. The van der Waals surface area contributed by atoms with E-state index in [2.05, 4.69) is 66.4 Å². The van der Waals surface area contributed by atoms with Crippen molar-refractivity contribution in [1.82, 2.24) is 9.88 Å². The molecule has 0 N–H and O–H groups in total. The maximum atomic E-state index is 13.2. The number of anilines is 1. The lowest BCUT2D eigenvalue weighted by molar-refractivity contribution is 0.0746. The molecule has 2 heterocycles. The Bertz CT molecular complexity index is 1260. The number of rotatable bonds is 3. The van der Waals surface area contributed by atoms with Gasteiger partial charge in [-0.1, -0.05) is 48.0 Å². The van der Waals surface area contributed by atoms with E-state index in [4.69, 9.17) is 4.98 Å². The fourth-order valence-corrected chi connectivity index (χ4v) is 4.19. The van der Waals surface area contributed by atoms with Gasteiger partial charge in [-0.05, 0) is 48.9 Å². The van der Waals surface area contributed by atoms with Crippen molar-refractivity contribution in [3.63, 3.8) is 0 Å². The summed E-state index contributed by atoms with van der Waals surface area (Å²) in [5.41, 5.74) is 5.01. The SMILES string of the molecule is Cc1ccc(-c2cccc3ccc(N4CCN(C(=O)c5ccc(F)cc5)CC4)nc23)cc1. The van der Waals surface area contributed by atoms with E-state index in [-0.39, 0.29) is 11.7 Å². The van der Waals surface area contributed by atoms with Gasteiger partial charge >= 0.3 is 0 Å². The molecule has 0 aliphatic carbocycles. The second-order valence-electron chi connectivity index (χ2n) is 8.20. The quantitative estimate of drug-likeness (QED) is 0.446. The monoisotopic (exact) mass is 425 g/mol. The molecule has 5 rings (SSSR count). The molecule has 0 saturated carbocycles. The molecular weight excluding hydrogens is 401 g/mol.